The predicted molar refractivity (Wildman–Crippen MR) is 82.8 cm³/mol. The van der Waals surface area contributed by atoms with Gasteiger partial charge >= 0.3 is 12.2 Å². The van der Waals surface area contributed by atoms with Gasteiger partial charge in [0.25, 0.3) is 0 Å². The first kappa shape index (κ1) is 15.9. The molecule has 0 aliphatic heterocycles. The van der Waals surface area contributed by atoms with Crippen molar-refractivity contribution in [3.05, 3.63) is 54.1 Å². The summed E-state index contributed by atoms with van der Waals surface area (Å²) in [6.45, 7) is 0. The van der Waals surface area contributed by atoms with Crippen LogP contribution in [0.1, 0.15) is 5.56 Å². The maximum Gasteiger partial charge on any atom is 0.416 e. The SMILES string of the molecule is COc1nc(-c2cccc(C(F)(F)F)c2)n(-c2cccc(N)c2)n1. The normalized spacial score (nSPS) is 11.5. The predicted octanol–water partition coefficient (Wildman–Crippen LogP) is 3.54. The Morgan fingerprint density at radius 1 is 1.08 bits per heavy atom. The van der Waals surface area contributed by atoms with Crippen molar-refractivity contribution < 1.29 is 17.9 Å². The Kier molecular flexibility index (Phi) is 3.88. The molecule has 3 rings (SSSR count). The lowest BCUT2D eigenvalue weighted by Gasteiger charge is -2.09. The number of anilines is 1. The summed E-state index contributed by atoms with van der Waals surface area (Å²) in [5.74, 6) is 0.226. The van der Waals surface area contributed by atoms with E-state index in [0.29, 0.717) is 11.4 Å². The van der Waals surface area contributed by atoms with Gasteiger partial charge in [0.05, 0.1) is 18.4 Å². The van der Waals surface area contributed by atoms with E-state index in [4.69, 9.17) is 10.5 Å². The van der Waals surface area contributed by atoms with E-state index < -0.39 is 11.7 Å². The Labute approximate surface area is 135 Å². The fraction of sp³-hybridized carbons (Fsp3) is 0.125. The van der Waals surface area contributed by atoms with E-state index in [0.717, 1.165) is 12.1 Å². The van der Waals surface area contributed by atoms with Gasteiger partial charge in [-0.1, -0.05) is 18.2 Å². The van der Waals surface area contributed by atoms with Crippen LogP contribution in [0.15, 0.2) is 48.5 Å². The molecule has 0 saturated heterocycles. The molecule has 2 aromatic carbocycles. The molecule has 0 bridgehead atoms. The van der Waals surface area contributed by atoms with Crippen LogP contribution in [0.4, 0.5) is 18.9 Å². The number of ether oxygens (including phenoxy) is 1. The smallest absolute Gasteiger partial charge is 0.416 e. The number of nitrogens with two attached hydrogens (primary N) is 1. The van der Waals surface area contributed by atoms with Gasteiger partial charge in [0.2, 0.25) is 0 Å². The van der Waals surface area contributed by atoms with Crippen molar-refractivity contribution in [2.24, 2.45) is 0 Å². The van der Waals surface area contributed by atoms with Crippen LogP contribution in [-0.2, 0) is 6.18 Å². The Balaban J connectivity index is 2.16. The highest BCUT2D eigenvalue weighted by atomic mass is 19.4. The number of hydrogen-bond donors (Lipinski definition) is 1. The van der Waals surface area contributed by atoms with E-state index in [2.05, 4.69) is 10.1 Å². The Morgan fingerprint density at radius 2 is 1.83 bits per heavy atom. The van der Waals surface area contributed by atoms with Crippen LogP contribution in [-0.4, -0.2) is 21.9 Å². The molecular formula is C16H13F3N4O. The Bertz CT molecular complexity index is 874. The van der Waals surface area contributed by atoms with Crippen LogP contribution in [0.2, 0.25) is 0 Å². The van der Waals surface area contributed by atoms with Gasteiger partial charge in [-0.05, 0) is 30.3 Å². The van der Waals surface area contributed by atoms with Gasteiger partial charge in [-0.3, -0.25) is 0 Å². The van der Waals surface area contributed by atoms with Crippen LogP contribution in [0.5, 0.6) is 6.01 Å². The van der Waals surface area contributed by atoms with Gasteiger partial charge in [0, 0.05) is 11.3 Å². The second-order valence-corrected chi connectivity index (χ2v) is 5.01. The molecule has 0 saturated carbocycles. The summed E-state index contributed by atoms with van der Waals surface area (Å²) in [5.41, 5.74) is 6.33. The molecule has 0 aliphatic rings. The van der Waals surface area contributed by atoms with Gasteiger partial charge in [-0.15, -0.1) is 5.10 Å². The molecular weight excluding hydrogens is 321 g/mol. The van der Waals surface area contributed by atoms with Crippen molar-refractivity contribution in [3.63, 3.8) is 0 Å². The van der Waals surface area contributed by atoms with E-state index in [1.807, 2.05) is 0 Å². The number of benzene rings is 2. The molecule has 0 atom stereocenters. The van der Waals surface area contributed by atoms with Gasteiger partial charge in [0.1, 0.15) is 0 Å². The van der Waals surface area contributed by atoms with Crippen molar-refractivity contribution in [1.29, 1.82) is 0 Å². The third kappa shape index (κ3) is 3.03. The number of halogens is 3. The molecule has 1 heterocycles. The number of alkyl halides is 3. The second-order valence-electron chi connectivity index (χ2n) is 5.01. The summed E-state index contributed by atoms with van der Waals surface area (Å²) in [6.07, 6.45) is -4.44. The Morgan fingerprint density at radius 3 is 2.50 bits per heavy atom. The zero-order valence-electron chi connectivity index (χ0n) is 12.6. The lowest BCUT2D eigenvalue weighted by atomic mass is 10.1. The van der Waals surface area contributed by atoms with E-state index in [1.54, 1.807) is 24.3 Å². The maximum atomic E-state index is 12.9. The van der Waals surface area contributed by atoms with Gasteiger partial charge in [-0.25, -0.2) is 4.68 Å². The minimum absolute atomic E-state index is 0.0461. The van der Waals surface area contributed by atoms with Crippen molar-refractivity contribution in [2.75, 3.05) is 12.8 Å². The minimum Gasteiger partial charge on any atom is -0.466 e. The molecule has 8 heteroatoms. The highest BCUT2D eigenvalue weighted by Crippen LogP contribution is 2.32. The molecule has 1 aromatic heterocycles. The van der Waals surface area contributed by atoms with Crippen molar-refractivity contribution in [1.82, 2.24) is 14.8 Å². The average molecular weight is 334 g/mol. The molecule has 0 fully saturated rings. The first-order chi connectivity index (χ1) is 11.4. The molecule has 0 spiro atoms. The van der Waals surface area contributed by atoms with Crippen molar-refractivity contribution in [3.8, 4) is 23.1 Å². The lowest BCUT2D eigenvalue weighted by Crippen LogP contribution is -2.06. The standard InChI is InChI=1S/C16H13F3N4O/c1-24-15-21-14(10-4-2-5-11(8-10)16(17,18)19)23(22-15)13-7-3-6-12(20)9-13/h2-9H,20H2,1H3. The summed E-state index contributed by atoms with van der Waals surface area (Å²) in [6, 6.07) is 11.7. The monoisotopic (exact) mass is 334 g/mol. The number of methoxy groups -OCH3 is 1. The number of rotatable bonds is 3. The quantitative estimate of drug-likeness (QED) is 0.744. The van der Waals surface area contributed by atoms with Crippen molar-refractivity contribution >= 4 is 5.69 Å². The lowest BCUT2D eigenvalue weighted by molar-refractivity contribution is -0.137. The average Bonchev–Trinajstić information content (AvgIpc) is 2.99. The van der Waals surface area contributed by atoms with Gasteiger partial charge in [-0.2, -0.15) is 18.2 Å². The molecule has 3 aromatic rings. The molecule has 0 radical (unpaired) electrons. The molecule has 0 aliphatic carbocycles. The topological polar surface area (TPSA) is 66.0 Å². The van der Waals surface area contributed by atoms with Crippen LogP contribution < -0.4 is 10.5 Å². The summed E-state index contributed by atoms with van der Waals surface area (Å²) in [5, 5.41) is 4.15. The van der Waals surface area contributed by atoms with E-state index in [1.165, 1.54) is 23.9 Å². The fourth-order valence-electron chi connectivity index (χ4n) is 2.24. The molecule has 24 heavy (non-hydrogen) atoms. The summed E-state index contributed by atoms with van der Waals surface area (Å²) >= 11 is 0. The highest BCUT2D eigenvalue weighted by molar-refractivity contribution is 5.61. The van der Waals surface area contributed by atoms with Crippen LogP contribution in [0, 0.1) is 0 Å². The summed E-state index contributed by atoms with van der Waals surface area (Å²) < 4.78 is 45.2. The van der Waals surface area contributed by atoms with Crippen LogP contribution in [0.25, 0.3) is 17.1 Å². The van der Waals surface area contributed by atoms with E-state index in [9.17, 15) is 13.2 Å². The van der Waals surface area contributed by atoms with Crippen molar-refractivity contribution in [2.45, 2.75) is 6.18 Å². The largest absolute Gasteiger partial charge is 0.466 e. The maximum absolute atomic E-state index is 12.9. The second kappa shape index (κ2) is 5.88. The van der Waals surface area contributed by atoms with Gasteiger partial charge < -0.3 is 10.5 Å². The molecule has 0 unspecified atom stereocenters. The third-order valence-corrected chi connectivity index (χ3v) is 3.33. The number of nitrogens with zero attached hydrogens (tertiary/aromatic N) is 3. The molecule has 2 N–H and O–H groups in total. The van der Waals surface area contributed by atoms with E-state index in [-0.39, 0.29) is 17.4 Å². The minimum atomic E-state index is -4.44. The molecule has 0 amide bonds. The first-order valence-corrected chi connectivity index (χ1v) is 6.93. The fourth-order valence-corrected chi connectivity index (χ4v) is 2.24. The third-order valence-electron chi connectivity index (χ3n) is 3.33. The first-order valence-electron chi connectivity index (χ1n) is 6.93. The zero-order valence-corrected chi connectivity index (χ0v) is 12.6. The number of nitrogen functional groups attached to an aromatic ring is 1. The van der Waals surface area contributed by atoms with E-state index >= 15 is 0 Å². The number of aromatic nitrogens is 3. The van der Waals surface area contributed by atoms with Crippen LogP contribution in [0.3, 0.4) is 0 Å². The highest BCUT2D eigenvalue weighted by Gasteiger charge is 2.31. The molecule has 5 nitrogen and oxygen atoms in total. The van der Waals surface area contributed by atoms with Gasteiger partial charge in [0.15, 0.2) is 5.82 Å². The zero-order chi connectivity index (χ0) is 17.3. The van der Waals surface area contributed by atoms with Crippen LogP contribution >= 0.6 is 0 Å². The number of hydrogen-bond acceptors (Lipinski definition) is 4. The molecule has 124 valence electrons. The Hall–Kier alpha value is -3.03. The summed E-state index contributed by atoms with van der Waals surface area (Å²) in [4.78, 5) is 4.15. The summed E-state index contributed by atoms with van der Waals surface area (Å²) in [7, 11) is 1.38.